The van der Waals surface area contributed by atoms with E-state index in [9.17, 15) is 0 Å². The Labute approximate surface area is 144 Å². The van der Waals surface area contributed by atoms with Gasteiger partial charge in [0.2, 0.25) is 0 Å². The van der Waals surface area contributed by atoms with Gasteiger partial charge in [-0.15, -0.1) is 0 Å². The summed E-state index contributed by atoms with van der Waals surface area (Å²) in [5.74, 6) is 1.01. The first kappa shape index (κ1) is 19.7. The first-order chi connectivity index (χ1) is 10.4. The van der Waals surface area contributed by atoms with Crippen LogP contribution in [0, 0.1) is 0 Å². The van der Waals surface area contributed by atoms with Crippen molar-refractivity contribution in [2.45, 2.75) is 52.5 Å². The van der Waals surface area contributed by atoms with Gasteiger partial charge in [0, 0.05) is 0 Å². The molecule has 2 N–H and O–H groups in total. The molecule has 1 atom stereocenters. The van der Waals surface area contributed by atoms with E-state index in [1.165, 1.54) is 17.6 Å². The quantitative estimate of drug-likeness (QED) is 0.353. The van der Waals surface area contributed by atoms with Crippen molar-refractivity contribution in [1.29, 1.82) is 0 Å². The molecular formula is C18H33IN2O. The number of allylic oxidation sites excluding steroid dienone is 5. The normalized spacial score (nSPS) is 17.9. The summed E-state index contributed by atoms with van der Waals surface area (Å²) in [6, 6.07) is 0.365. The molecule has 0 spiro atoms. The Kier molecular flexibility index (Phi) is 8.72. The van der Waals surface area contributed by atoms with Gasteiger partial charge in [-0.3, -0.25) is 0 Å². The van der Waals surface area contributed by atoms with Crippen molar-refractivity contribution in [3.63, 3.8) is 0 Å². The van der Waals surface area contributed by atoms with E-state index in [0.717, 1.165) is 31.6 Å². The number of hydrogen-bond acceptors (Lipinski definition) is 3. The fourth-order valence-corrected chi connectivity index (χ4v) is 7.08. The van der Waals surface area contributed by atoms with E-state index in [1.807, 2.05) is 0 Å². The first-order valence-corrected chi connectivity index (χ1v) is 12.3. The van der Waals surface area contributed by atoms with E-state index in [1.54, 1.807) is 10.7 Å². The SMILES string of the molecule is CCC(N)CCCN(C)I(C)C1=C(C)C(C)=C(OC)C=CC1. The zero-order valence-corrected chi connectivity index (χ0v) is 17.2. The molecule has 4 heteroatoms. The zero-order valence-electron chi connectivity index (χ0n) is 15.1. The van der Waals surface area contributed by atoms with Crippen LogP contribution in [0.25, 0.3) is 0 Å². The number of halogens is 1. The van der Waals surface area contributed by atoms with Crippen LogP contribution in [0.3, 0.4) is 0 Å². The number of hydrogen-bond donors (Lipinski definition) is 1. The van der Waals surface area contributed by atoms with Crippen LogP contribution in [0.1, 0.15) is 46.5 Å². The second kappa shape index (κ2) is 9.73. The van der Waals surface area contributed by atoms with E-state index in [2.05, 4.69) is 48.0 Å². The fourth-order valence-electron chi connectivity index (χ4n) is 2.55. The minimum absolute atomic E-state index is 0.365. The molecule has 22 heavy (non-hydrogen) atoms. The van der Waals surface area contributed by atoms with Gasteiger partial charge in [-0.2, -0.15) is 0 Å². The van der Waals surface area contributed by atoms with E-state index < -0.39 is 20.1 Å². The van der Waals surface area contributed by atoms with E-state index in [4.69, 9.17) is 10.5 Å². The maximum absolute atomic E-state index is 6.03. The summed E-state index contributed by atoms with van der Waals surface area (Å²) in [4.78, 5) is 2.46. The molecule has 0 fully saturated rings. The maximum atomic E-state index is 6.03. The Morgan fingerprint density at radius 2 is 2.05 bits per heavy atom. The number of nitrogens with two attached hydrogens (primary N) is 1. The molecule has 1 aliphatic rings. The molecule has 1 rings (SSSR count). The Balaban J connectivity index is 2.75. The van der Waals surface area contributed by atoms with Crippen molar-refractivity contribution >= 4 is 20.1 Å². The van der Waals surface area contributed by atoms with E-state index in [-0.39, 0.29) is 0 Å². The van der Waals surface area contributed by atoms with Gasteiger partial charge in [-0.25, -0.2) is 0 Å². The molecule has 0 aromatic heterocycles. The van der Waals surface area contributed by atoms with Crippen molar-refractivity contribution < 1.29 is 4.74 Å². The van der Waals surface area contributed by atoms with Gasteiger partial charge in [0.1, 0.15) is 0 Å². The fraction of sp³-hybridized carbons (Fsp3) is 0.667. The van der Waals surface area contributed by atoms with Gasteiger partial charge < -0.3 is 0 Å². The summed E-state index contributed by atoms with van der Waals surface area (Å²) in [6.07, 6.45) is 8.86. The van der Waals surface area contributed by atoms with Crippen LogP contribution in [-0.2, 0) is 4.74 Å². The number of alkyl halides is 1. The van der Waals surface area contributed by atoms with E-state index >= 15 is 0 Å². The molecule has 1 aliphatic carbocycles. The third-order valence-corrected chi connectivity index (χ3v) is 10.5. The van der Waals surface area contributed by atoms with Crippen molar-refractivity contribution in [3.8, 4) is 0 Å². The Morgan fingerprint density at radius 1 is 1.36 bits per heavy atom. The van der Waals surface area contributed by atoms with Gasteiger partial charge in [0.25, 0.3) is 0 Å². The second-order valence-electron chi connectivity index (χ2n) is 5.91. The number of nitrogens with zero attached hydrogens (tertiary/aromatic N) is 1. The first-order valence-electron chi connectivity index (χ1n) is 8.10. The predicted octanol–water partition coefficient (Wildman–Crippen LogP) is 4.64. The van der Waals surface area contributed by atoms with Crippen molar-refractivity contribution in [1.82, 2.24) is 3.11 Å². The Morgan fingerprint density at radius 3 is 2.64 bits per heavy atom. The molecule has 0 bridgehead atoms. The molecule has 0 aromatic rings. The third kappa shape index (κ3) is 5.39. The third-order valence-electron chi connectivity index (χ3n) is 4.45. The van der Waals surface area contributed by atoms with Crippen molar-refractivity contribution in [2.24, 2.45) is 5.73 Å². The van der Waals surface area contributed by atoms with Gasteiger partial charge in [-0.05, 0) is 0 Å². The van der Waals surface area contributed by atoms with Crippen LogP contribution in [-0.4, -0.2) is 34.8 Å². The van der Waals surface area contributed by atoms with Crippen molar-refractivity contribution in [2.75, 3.05) is 25.6 Å². The summed E-state index contributed by atoms with van der Waals surface area (Å²) in [6.45, 7) is 7.76. The number of methoxy groups -OCH3 is 1. The van der Waals surface area contributed by atoms with Crippen LogP contribution < -0.4 is 5.73 Å². The molecule has 0 radical (unpaired) electrons. The second-order valence-corrected chi connectivity index (χ2v) is 11.4. The zero-order chi connectivity index (χ0) is 16.7. The topological polar surface area (TPSA) is 38.5 Å². The van der Waals surface area contributed by atoms with E-state index in [0.29, 0.717) is 6.04 Å². The van der Waals surface area contributed by atoms with Crippen LogP contribution >= 0.6 is 20.1 Å². The molecule has 0 saturated carbocycles. The van der Waals surface area contributed by atoms with Crippen LogP contribution in [0.5, 0.6) is 0 Å². The molecule has 3 nitrogen and oxygen atoms in total. The molecule has 0 aliphatic heterocycles. The minimum atomic E-state index is -1.28. The summed E-state index contributed by atoms with van der Waals surface area (Å²) in [5.41, 5.74) is 8.75. The molecule has 0 amide bonds. The summed E-state index contributed by atoms with van der Waals surface area (Å²) in [7, 11) is 4.04. The summed E-state index contributed by atoms with van der Waals surface area (Å²) in [5, 5.41) is 0. The molecule has 128 valence electrons. The van der Waals surface area contributed by atoms with Crippen molar-refractivity contribution in [3.05, 3.63) is 32.6 Å². The Hall–Kier alpha value is -0.330. The average Bonchev–Trinajstić information content (AvgIpc) is 2.66. The molecule has 0 heterocycles. The van der Waals surface area contributed by atoms with Gasteiger partial charge in [-0.1, -0.05) is 0 Å². The predicted molar refractivity (Wildman–Crippen MR) is 106 cm³/mol. The summed E-state index contributed by atoms with van der Waals surface area (Å²) < 4.78 is 9.74. The average molecular weight is 420 g/mol. The number of ether oxygens (including phenoxy) is 1. The van der Waals surface area contributed by atoms with Crippen LogP contribution in [0.4, 0.5) is 0 Å². The van der Waals surface area contributed by atoms with Gasteiger partial charge in [0.05, 0.1) is 0 Å². The van der Waals surface area contributed by atoms with Crippen LogP contribution in [0.15, 0.2) is 32.6 Å². The molecule has 0 saturated heterocycles. The molecular weight excluding hydrogens is 387 g/mol. The van der Waals surface area contributed by atoms with Gasteiger partial charge in [0.15, 0.2) is 0 Å². The number of rotatable bonds is 8. The molecule has 0 aromatic carbocycles. The summed E-state index contributed by atoms with van der Waals surface area (Å²) >= 11 is -1.28. The monoisotopic (exact) mass is 420 g/mol. The molecule has 1 unspecified atom stereocenters. The van der Waals surface area contributed by atoms with Crippen LogP contribution in [0.2, 0.25) is 0 Å². The Bertz CT molecular complexity index is 454. The standard InChI is InChI=1S/C18H33IN2O/c1-7-16(20)10-9-13-21(5)19(4)17-11-8-12-18(22-6)15(3)14(17)2/h8,12,16H,7,9-11,13,20H2,1-6H3. The van der Waals surface area contributed by atoms with Gasteiger partial charge >= 0.3 is 144 Å².